The summed E-state index contributed by atoms with van der Waals surface area (Å²) < 4.78 is 22.5. The van der Waals surface area contributed by atoms with Crippen molar-refractivity contribution in [2.45, 2.75) is 31.6 Å². The Morgan fingerprint density at radius 3 is 2.41 bits per heavy atom. The zero-order chi connectivity index (χ0) is 15.4. The van der Waals surface area contributed by atoms with Crippen LogP contribution in [0.2, 0.25) is 0 Å². The first kappa shape index (κ1) is 15.7. The molecule has 0 bridgehead atoms. The average molecular weight is 321 g/mol. The highest BCUT2D eigenvalue weighted by atomic mass is 32.2. The molecule has 1 aromatic rings. The fraction of sp³-hybridized carbons (Fsp3) is 0.588. The first-order chi connectivity index (χ1) is 10.7. The molecule has 0 aliphatic carbocycles. The normalized spacial score (nSPS) is 28.0. The molecule has 120 valence electrons. The zero-order valence-corrected chi connectivity index (χ0v) is 13.6. The molecule has 2 heterocycles. The Morgan fingerprint density at radius 2 is 1.73 bits per heavy atom. The van der Waals surface area contributed by atoms with Gasteiger partial charge >= 0.3 is 0 Å². The van der Waals surface area contributed by atoms with Crippen LogP contribution in [0.5, 0.6) is 0 Å². The van der Waals surface area contributed by atoms with Crippen LogP contribution in [0.15, 0.2) is 34.7 Å². The van der Waals surface area contributed by atoms with Crippen LogP contribution in [0, 0.1) is 5.92 Å². The average Bonchev–Trinajstić information content (AvgIpc) is 2.92. The summed E-state index contributed by atoms with van der Waals surface area (Å²) in [6.07, 6.45) is 4.03. The van der Waals surface area contributed by atoms with E-state index in [1.54, 1.807) is 0 Å². The molecular weight excluding hydrogens is 298 g/mol. The molecule has 5 heteroatoms. The Hall–Kier alpha value is -1.20. The Kier molecular flexibility index (Phi) is 4.93. The van der Waals surface area contributed by atoms with Gasteiger partial charge in [-0.3, -0.25) is 4.79 Å². The van der Waals surface area contributed by atoms with Crippen LogP contribution in [0.25, 0.3) is 0 Å². The third kappa shape index (κ3) is 3.58. The summed E-state index contributed by atoms with van der Waals surface area (Å²) in [5.74, 6) is 0.665. The SMILES string of the molecule is O=C(N=S1(=O)CCCCCC1)C1COCC1c1ccccc1. The van der Waals surface area contributed by atoms with Crippen LogP contribution in [-0.2, 0) is 19.3 Å². The highest BCUT2D eigenvalue weighted by molar-refractivity contribution is 7.93. The van der Waals surface area contributed by atoms with Crippen LogP contribution >= 0.6 is 0 Å². The van der Waals surface area contributed by atoms with Crippen LogP contribution in [0.3, 0.4) is 0 Å². The van der Waals surface area contributed by atoms with Crippen molar-refractivity contribution >= 4 is 15.6 Å². The Bertz CT molecular complexity index is 621. The maximum atomic E-state index is 12.8. The maximum absolute atomic E-state index is 12.8. The fourth-order valence-corrected chi connectivity index (χ4v) is 5.42. The monoisotopic (exact) mass is 321 g/mol. The minimum Gasteiger partial charge on any atom is -0.380 e. The molecule has 2 atom stereocenters. The van der Waals surface area contributed by atoms with Gasteiger partial charge in [-0.2, -0.15) is 4.36 Å². The molecule has 2 saturated heterocycles. The minimum atomic E-state index is -2.35. The molecule has 1 amide bonds. The number of nitrogens with zero attached hydrogens (tertiary/aromatic N) is 1. The minimum absolute atomic E-state index is 0.0335. The highest BCUT2D eigenvalue weighted by Gasteiger charge is 2.35. The van der Waals surface area contributed by atoms with E-state index in [2.05, 4.69) is 4.36 Å². The molecule has 0 radical (unpaired) electrons. The predicted octanol–water partition coefficient (Wildman–Crippen LogP) is 2.99. The Morgan fingerprint density at radius 1 is 1.05 bits per heavy atom. The van der Waals surface area contributed by atoms with E-state index in [0.29, 0.717) is 24.7 Å². The Labute approximate surface area is 132 Å². The van der Waals surface area contributed by atoms with Crippen LogP contribution in [-0.4, -0.2) is 34.8 Å². The van der Waals surface area contributed by atoms with Crippen LogP contribution in [0.4, 0.5) is 0 Å². The summed E-state index contributed by atoms with van der Waals surface area (Å²) in [7, 11) is -2.35. The fourth-order valence-electron chi connectivity index (χ4n) is 3.26. The number of rotatable bonds is 2. The molecule has 3 rings (SSSR count). The third-order valence-electron chi connectivity index (χ3n) is 4.56. The van der Waals surface area contributed by atoms with Crippen molar-refractivity contribution < 1.29 is 13.7 Å². The zero-order valence-electron chi connectivity index (χ0n) is 12.8. The van der Waals surface area contributed by atoms with Gasteiger partial charge in [-0.15, -0.1) is 0 Å². The van der Waals surface area contributed by atoms with Crippen molar-refractivity contribution in [3.05, 3.63) is 35.9 Å². The maximum Gasteiger partial charge on any atom is 0.259 e. The van der Waals surface area contributed by atoms with Gasteiger partial charge in [0.15, 0.2) is 0 Å². The van der Waals surface area contributed by atoms with E-state index in [1.165, 1.54) is 0 Å². The lowest BCUT2D eigenvalue weighted by Crippen LogP contribution is -2.22. The summed E-state index contributed by atoms with van der Waals surface area (Å²) in [6.45, 7) is 0.925. The summed E-state index contributed by atoms with van der Waals surface area (Å²) in [5, 5.41) is 0. The van der Waals surface area contributed by atoms with E-state index < -0.39 is 9.73 Å². The van der Waals surface area contributed by atoms with E-state index in [4.69, 9.17) is 4.74 Å². The number of carbonyl (C=O) groups excluding carboxylic acids is 1. The summed E-state index contributed by atoms with van der Waals surface area (Å²) >= 11 is 0. The highest BCUT2D eigenvalue weighted by Crippen LogP contribution is 2.32. The molecule has 0 aromatic heterocycles. The van der Waals surface area contributed by atoms with Gasteiger partial charge < -0.3 is 4.74 Å². The van der Waals surface area contributed by atoms with E-state index in [9.17, 15) is 9.00 Å². The molecule has 2 unspecified atom stereocenters. The van der Waals surface area contributed by atoms with Gasteiger partial charge in [-0.05, 0) is 18.4 Å². The molecule has 1 aromatic carbocycles. The van der Waals surface area contributed by atoms with Gasteiger partial charge in [0.25, 0.3) is 5.91 Å². The first-order valence-corrected chi connectivity index (χ1v) is 9.92. The quantitative estimate of drug-likeness (QED) is 0.841. The van der Waals surface area contributed by atoms with Crippen molar-refractivity contribution in [2.75, 3.05) is 24.7 Å². The number of ether oxygens (including phenoxy) is 1. The topological polar surface area (TPSA) is 55.7 Å². The van der Waals surface area contributed by atoms with E-state index in [1.807, 2.05) is 30.3 Å². The lowest BCUT2D eigenvalue weighted by atomic mass is 9.89. The molecule has 0 saturated carbocycles. The number of hydrogen-bond donors (Lipinski definition) is 0. The van der Waals surface area contributed by atoms with Crippen molar-refractivity contribution in [1.82, 2.24) is 0 Å². The van der Waals surface area contributed by atoms with Crippen molar-refractivity contribution in [3.63, 3.8) is 0 Å². The number of benzene rings is 1. The largest absolute Gasteiger partial charge is 0.380 e. The van der Waals surface area contributed by atoms with Gasteiger partial charge in [0.2, 0.25) is 0 Å². The lowest BCUT2D eigenvalue weighted by molar-refractivity contribution is -0.121. The smallest absolute Gasteiger partial charge is 0.259 e. The van der Waals surface area contributed by atoms with Gasteiger partial charge in [0.05, 0.1) is 28.9 Å². The Balaban J connectivity index is 1.80. The molecule has 0 N–H and O–H groups in total. The summed E-state index contributed by atoms with van der Waals surface area (Å²) in [5.41, 5.74) is 1.10. The van der Waals surface area contributed by atoms with Crippen molar-refractivity contribution in [3.8, 4) is 0 Å². The van der Waals surface area contributed by atoms with Crippen molar-refractivity contribution in [2.24, 2.45) is 10.3 Å². The molecule has 4 nitrogen and oxygen atoms in total. The van der Waals surface area contributed by atoms with E-state index in [-0.39, 0.29) is 17.7 Å². The molecule has 2 aliphatic heterocycles. The van der Waals surface area contributed by atoms with Crippen LogP contribution < -0.4 is 0 Å². The van der Waals surface area contributed by atoms with E-state index in [0.717, 1.165) is 31.2 Å². The predicted molar refractivity (Wildman–Crippen MR) is 87.3 cm³/mol. The molecule has 2 aliphatic rings. The molecule has 2 fully saturated rings. The van der Waals surface area contributed by atoms with E-state index >= 15 is 0 Å². The molecule has 0 spiro atoms. The van der Waals surface area contributed by atoms with Gasteiger partial charge in [0, 0.05) is 17.4 Å². The first-order valence-electron chi connectivity index (χ1n) is 8.07. The van der Waals surface area contributed by atoms with Crippen LogP contribution in [0.1, 0.15) is 37.2 Å². The van der Waals surface area contributed by atoms with Gasteiger partial charge in [0.1, 0.15) is 0 Å². The van der Waals surface area contributed by atoms with Gasteiger partial charge in [-0.1, -0.05) is 43.2 Å². The third-order valence-corrected chi connectivity index (χ3v) is 6.92. The molecule has 22 heavy (non-hydrogen) atoms. The lowest BCUT2D eigenvalue weighted by Gasteiger charge is -2.15. The molecular formula is C17H23NO3S. The second-order valence-electron chi connectivity index (χ2n) is 6.19. The standard InChI is InChI=1S/C17H23NO3S/c19-17(18-22(20)10-6-1-2-7-11-22)16-13-21-12-15(16)14-8-4-3-5-9-14/h3-5,8-9,15-16H,1-2,6-7,10-13H2. The number of amides is 1. The number of carbonyl (C=O) groups is 1. The van der Waals surface area contributed by atoms with Gasteiger partial charge in [-0.25, -0.2) is 4.21 Å². The summed E-state index contributed by atoms with van der Waals surface area (Å²) in [6, 6.07) is 9.94. The van der Waals surface area contributed by atoms with Crippen molar-refractivity contribution in [1.29, 1.82) is 0 Å². The second kappa shape index (κ2) is 6.92. The summed E-state index contributed by atoms with van der Waals surface area (Å²) in [4.78, 5) is 12.6. The number of hydrogen-bond acceptors (Lipinski definition) is 3. The second-order valence-corrected chi connectivity index (χ2v) is 8.73.